The number of benzene rings is 1. The largest absolute Gasteiger partial charge is 0.496 e. The van der Waals surface area contributed by atoms with Gasteiger partial charge in [-0.3, -0.25) is 10.1 Å². The molecule has 28 heavy (non-hydrogen) atoms. The Morgan fingerprint density at radius 3 is 2.79 bits per heavy atom. The molecule has 0 aliphatic carbocycles. The summed E-state index contributed by atoms with van der Waals surface area (Å²) in [4.78, 5) is 19.0. The molecule has 142 valence electrons. The van der Waals surface area contributed by atoms with E-state index in [0.717, 1.165) is 5.76 Å². The predicted octanol–water partition coefficient (Wildman–Crippen LogP) is 2.34. The number of furan rings is 1. The van der Waals surface area contributed by atoms with E-state index in [-0.39, 0.29) is 18.2 Å². The van der Waals surface area contributed by atoms with Crippen molar-refractivity contribution in [2.24, 2.45) is 0 Å². The molecule has 11 nitrogen and oxygen atoms in total. The number of hydrogen-bond donors (Lipinski definition) is 1. The summed E-state index contributed by atoms with van der Waals surface area (Å²) in [5.41, 5.74) is 7.77. The molecule has 4 rings (SSSR count). The maximum Gasteiger partial charge on any atom is 0.273 e. The van der Waals surface area contributed by atoms with Crippen LogP contribution >= 0.6 is 0 Å². The first-order valence-electron chi connectivity index (χ1n) is 8.21. The van der Waals surface area contributed by atoms with Gasteiger partial charge in [-0.25, -0.2) is 9.67 Å². The smallest absolute Gasteiger partial charge is 0.273 e. The molecule has 0 radical (unpaired) electrons. The molecule has 0 atom stereocenters. The minimum Gasteiger partial charge on any atom is -0.496 e. The highest BCUT2D eigenvalue weighted by atomic mass is 16.6. The minimum atomic E-state index is -0.483. The monoisotopic (exact) mass is 381 g/mol. The van der Waals surface area contributed by atoms with E-state index in [2.05, 4.69) is 20.3 Å². The zero-order valence-corrected chi connectivity index (χ0v) is 15.0. The normalized spacial score (nSPS) is 11.1. The van der Waals surface area contributed by atoms with Crippen LogP contribution in [0.3, 0.4) is 0 Å². The van der Waals surface area contributed by atoms with E-state index in [1.54, 1.807) is 12.1 Å². The van der Waals surface area contributed by atoms with Crippen molar-refractivity contribution < 1.29 is 14.1 Å². The zero-order valence-electron chi connectivity index (χ0n) is 15.0. The summed E-state index contributed by atoms with van der Waals surface area (Å²) in [6.45, 7) is 2.05. The van der Waals surface area contributed by atoms with Crippen LogP contribution in [0.4, 0.5) is 11.6 Å². The Kier molecular flexibility index (Phi) is 4.11. The van der Waals surface area contributed by atoms with Gasteiger partial charge in [0, 0.05) is 11.6 Å². The SMILES string of the molecule is COc1cc([N+](=O)[O-])ccc1Cn1nnc2c(-c3ccc(C)o3)nc(N)nc21. The highest BCUT2D eigenvalue weighted by molar-refractivity contribution is 5.86. The van der Waals surface area contributed by atoms with Gasteiger partial charge in [-0.1, -0.05) is 5.21 Å². The standard InChI is InChI=1S/C17H15N7O4/c1-9-3-6-12(28-9)14-15-16(20-17(18)19-14)23(22-21-15)8-10-4-5-11(24(25)26)7-13(10)27-2/h3-7H,8H2,1-2H3,(H2,18,19,20). The Labute approximate surface area is 157 Å². The lowest BCUT2D eigenvalue weighted by molar-refractivity contribution is -0.384. The van der Waals surface area contributed by atoms with E-state index in [1.807, 2.05) is 13.0 Å². The molecule has 4 aromatic rings. The molecule has 0 saturated carbocycles. The fourth-order valence-electron chi connectivity index (χ4n) is 2.85. The predicted molar refractivity (Wildman–Crippen MR) is 98.7 cm³/mol. The lowest BCUT2D eigenvalue weighted by atomic mass is 10.2. The first-order chi connectivity index (χ1) is 13.5. The van der Waals surface area contributed by atoms with Crippen molar-refractivity contribution in [2.45, 2.75) is 13.5 Å². The Morgan fingerprint density at radius 1 is 1.29 bits per heavy atom. The van der Waals surface area contributed by atoms with Gasteiger partial charge in [0.05, 0.1) is 24.6 Å². The number of nitrogens with zero attached hydrogens (tertiary/aromatic N) is 6. The summed E-state index contributed by atoms with van der Waals surface area (Å²) >= 11 is 0. The van der Waals surface area contributed by atoms with Crippen LogP contribution in [-0.4, -0.2) is 37.0 Å². The first kappa shape index (κ1) is 17.4. The number of fused-ring (bicyclic) bond motifs is 1. The number of aromatic nitrogens is 5. The minimum absolute atomic E-state index is 0.0516. The van der Waals surface area contributed by atoms with Crippen LogP contribution in [0.1, 0.15) is 11.3 Å². The molecule has 1 aromatic carbocycles. The van der Waals surface area contributed by atoms with E-state index >= 15 is 0 Å². The first-order valence-corrected chi connectivity index (χ1v) is 8.21. The summed E-state index contributed by atoms with van der Waals surface area (Å²) in [5.74, 6) is 1.65. The van der Waals surface area contributed by atoms with E-state index in [9.17, 15) is 10.1 Å². The topological polar surface area (TPSA) is 148 Å². The van der Waals surface area contributed by atoms with Crippen molar-refractivity contribution in [1.29, 1.82) is 0 Å². The van der Waals surface area contributed by atoms with Gasteiger partial charge in [-0.2, -0.15) is 4.98 Å². The summed E-state index contributed by atoms with van der Waals surface area (Å²) in [5, 5.41) is 19.3. The highest BCUT2D eigenvalue weighted by Crippen LogP contribution is 2.29. The average molecular weight is 381 g/mol. The molecule has 3 aromatic heterocycles. The number of nitrogen functional groups attached to an aromatic ring is 1. The van der Waals surface area contributed by atoms with Crippen LogP contribution in [-0.2, 0) is 6.54 Å². The average Bonchev–Trinajstić information content (AvgIpc) is 3.28. The molecule has 0 fully saturated rings. The summed E-state index contributed by atoms with van der Waals surface area (Å²) < 4.78 is 12.4. The third-order valence-corrected chi connectivity index (χ3v) is 4.16. The van der Waals surface area contributed by atoms with Gasteiger partial charge in [0.15, 0.2) is 16.9 Å². The van der Waals surface area contributed by atoms with Gasteiger partial charge < -0.3 is 14.9 Å². The molecule has 3 heterocycles. The van der Waals surface area contributed by atoms with E-state index in [4.69, 9.17) is 14.9 Å². The Hall–Kier alpha value is -4.02. The zero-order chi connectivity index (χ0) is 19.8. The van der Waals surface area contributed by atoms with Crippen molar-refractivity contribution in [3.63, 3.8) is 0 Å². The fourth-order valence-corrected chi connectivity index (χ4v) is 2.85. The molecule has 0 amide bonds. The van der Waals surface area contributed by atoms with Gasteiger partial charge >= 0.3 is 0 Å². The van der Waals surface area contributed by atoms with Gasteiger partial charge in [-0.15, -0.1) is 5.10 Å². The molecular weight excluding hydrogens is 366 g/mol. The van der Waals surface area contributed by atoms with Crippen LogP contribution in [0, 0.1) is 17.0 Å². The fraction of sp³-hybridized carbons (Fsp3) is 0.176. The van der Waals surface area contributed by atoms with E-state index in [0.29, 0.717) is 33.9 Å². The quantitative estimate of drug-likeness (QED) is 0.406. The van der Waals surface area contributed by atoms with Gasteiger partial charge in [0.25, 0.3) is 5.69 Å². The highest BCUT2D eigenvalue weighted by Gasteiger charge is 2.19. The van der Waals surface area contributed by atoms with Crippen LogP contribution in [0.25, 0.3) is 22.6 Å². The molecule has 0 saturated heterocycles. The van der Waals surface area contributed by atoms with E-state index in [1.165, 1.54) is 23.9 Å². The Balaban J connectivity index is 1.79. The molecular formula is C17H15N7O4. The van der Waals surface area contributed by atoms with Crippen molar-refractivity contribution in [3.8, 4) is 17.2 Å². The van der Waals surface area contributed by atoms with E-state index < -0.39 is 4.92 Å². The third-order valence-electron chi connectivity index (χ3n) is 4.16. The molecule has 11 heteroatoms. The van der Waals surface area contributed by atoms with Crippen molar-refractivity contribution in [2.75, 3.05) is 12.8 Å². The third kappa shape index (κ3) is 2.98. The summed E-state index contributed by atoms with van der Waals surface area (Å²) in [7, 11) is 1.44. The number of nitrogens with two attached hydrogens (primary N) is 1. The van der Waals surface area contributed by atoms with Crippen LogP contribution in [0.2, 0.25) is 0 Å². The maximum absolute atomic E-state index is 11.0. The lowest BCUT2D eigenvalue weighted by Crippen LogP contribution is -2.06. The van der Waals surface area contributed by atoms with Crippen LogP contribution in [0.15, 0.2) is 34.7 Å². The molecule has 2 N–H and O–H groups in total. The Bertz CT molecular complexity index is 1200. The van der Waals surface area contributed by atoms with Gasteiger partial charge in [-0.05, 0) is 25.1 Å². The molecule has 0 unspecified atom stereocenters. The second-order valence-electron chi connectivity index (χ2n) is 6.01. The van der Waals surface area contributed by atoms with Gasteiger partial charge in [0.1, 0.15) is 17.2 Å². The number of hydrogen-bond acceptors (Lipinski definition) is 9. The number of non-ortho nitro benzene ring substituents is 1. The van der Waals surface area contributed by atoms with Gasteiger partial charge in [0.2, 0.25) is 5.95 Å². The Morgan fingerprint density at radius 2 is 2.11 bits per heavy atom. The lowest BCUT2D eigenvalue weighted by Gasteiger charge is -2.08. The van der Waals surface area contributed by atoms with Crippen molar-refractivity contribution in [1.82, 2.24) is 25.0 Å². The second-order valence-corrected chi connectivity index (χ2v) is 6.01. The number of anilines is 1. The number of rotatable bonds is 5. The number of methoxy groups -OCH3 is 1. The maximum atomic E-state index is 11.0. The number of aryl methyl sites for hydroxylation is 1. The van der Waals surface area contributed by atoms with Crippen molar-refractivity contribution in [3.05, 3.63) is 51.8 Å². The molecule has 0 aliphatic rings. The number of ether oxygens (including phenoxy) is 1. The molecule has 0 bridgehead atoms. The number of nitro groups is 1. The number of nitro benzene ring substituents is 1. The second kappa shape index (κ2) is 6.61. The van der Waals surface area contributed by atoms with Crippen LogP contribution < -0.4 is 10.5 Å². The van der Waals surface area contributed by atoms with Crippen molar-refractivity contribution >= 4 is 22.8 Å². The summed E-state index contributed by atoms with van der Waals surface area (Å²) in [6.07, 6.45) is 0. The van der Waals surface area contributed by atoms with Crippen LogP contribution in [0.5, 0.6) is 5.75 Å². The summed E-state index contributed by atoms with van der Waals surface area (Å²) in [6, 6.07) is 7.94. The molecule has 0 spiro atoms. The molecule has 0 aliphatic heterocycles.